The van der Waals surface area contributed by atoms with Crippen molar-refractivity contribution in [2.75, 3.05) is 0 Å². The monoisotopic (exact) mass is 232 g/mol. The molecule has 0 bridgehead atoms. The van der Waals surface area contributed by atoms with Gasteiger partial charge < -0.3 is 9.67 Å². The Balaban J connectivity index is 2.96. The third-order valence-electron chi connectivity index (χ3n) is 2.87. The molecule has 0 amide bonds. The van der Waals surface area contributed by atoms with E-state index in [2.05, 4.69) is 4.98 Å². The predicted molar refractivity (Wildman–Crippen MR) is 66.4 cm³/mol. The van der Waals surface area contributed by atoms with Crippen molar-refractivity contribution in [2.24, 2.45) is 7.05 Å². The van der Waals surface area contributed by atoms with Crippen LogP contribution in [-0.4, -0.2) is 20.6 Å². The summed E-state index contributed by atoms with van der Waals surface area (Å²) in [5.41, 5.74) is 1.65. The van der Waals surface area contributed by atoms with Crippen molar-refractivity contribution in [3.63, 3.8) is 0 Å². The molecule has 0 saturated carbocycles. The maximum atomic E-state index is 11.5. The summed E-state index contributed by atoms with van der Waals surface area (Å²) in [6, 6.07) is 3.57. The van der Waals surface area contributed by atoms with E-state index < -0.39 is 5.97 Å². The molecule has 0 atom stereocenters. The minimum Gasteiger partial charge on any atom is -0.478 e. The molecule has 0 unspecified atom stereocenters. The fourth-order valence-electron chi connectivity index (χ4n) is 2.36. The Morgan fingerprint density at radius 3 is 2.59 bits per heavy atom. The summed E-state index contributed by atoms with van der Waals surface area (Å²) in [4.78, 5) is 15.7. The highest BCUT2D eigenvalue weighted by Crippen LogP contribution is 2.32. The summed E-state index contributed by atoms with van der Waals surface area (Å²) in [6.07, 6.45) is 1.68. The highest BCUT2D eigenvalue weighted by molar-refractivity contribution is 6.04. The van der Waals surface area contributed by atoms with E-state index in [0.717, 1.165) is 11.3 Å². The maximum absolute atomic E-state index is 11.5. The summed E-state index contributed by atoms with van der Waals surface area (Å²) in [6.45, 7) is 6.02. The Bertz CT molecular complexity index is 591. The van der Waals surface area contributed by atoms with Gasteiger partial charge in [-0.15, -0.1) is 0 Å². The van der Waals surface area contributed by atoms with E-state index in [1.807, 2.05) is 32.4 Å². The third kappa shape index (κ3) is 1.69. The van der Waals surface area contributed by atoms with Gasteiger partial charge in [0.15, 0.2) is 0 Å². The van der Waals surface area contributed by atoms with Crippen LogP contribution in [0.5, 0.6) is 0 Å². The zero-order valence-electron chi connectivity index (χ0n) is 10.5. The normalized spacial score (nSPS) is 12.0. The number of pyridine rings is 1. The van der Waals surface area contributed by atoms with Crippen LogP contribution in [0.25, 0.3) is 11.0 Å². The van der Waals surface area contributed by atoms with Crippen LogP contribution in [0.15, 0.2) is 18.3 Å². The Hall–Kier alpha value is -1.84. The van der Waals surface area contributed by atoms with E-state index in [1.54, 1.807) is 18.3 Å². The molecule has 0 aromatic carbocycles. The first-order valence-electron chi connectivity index (χ1n) is 5.51. The van der Waals surface area contributed by atoms with Crippen LogP contribution in [0, 0.1) is 0 Å². The molecule has 2 aromatic heterocycles. The van der Waals surface area contributed by atoms with Gasteiger partial charge in [0.25, 0.3) is 0 Å². The SMILES string of the molecule is Cn1c(C(C)(C)C)c(C(=O)O)c2cccnc21. The Morgan fingerprint density at radius 1 is 1.41 bits per heavy atom. The van der Waals surface area contributed by atoms with Crippen molar-refractivity contribution < 1.29 is 9.90 Å². The molecule has 17 heavy (non-hydrogen) atoms. The molecular weight excluding hydrogens is 216 g/mol. The van der Waals surface area contributed by atoms with Crippen molar-refractivity contribution in [3.8, 4) is 0 Å². The minimum absolute atomic E-state index is 0.233. The van der Waals surface area contributed by atoms with Crippen molar-refractivity contribution in [3.05, 3.63) is 29.6 Å². The minimum atomic E-state index is -0.895. The van der Waals surface area contributed by atoms with Gasteiger partial charge in [0, 0.05) is 29.7 Å². The Morgan fingerprint density at radius 2 is 2.06 bits per heavy atom. The number of carboxylic acid groups (broad SMARTS) is 1. The van der Waals surface area contributed by atoms with Gasteiger partial charge in [-0.3, -0.25) is 0 Å². The number of hydrogen-bond acceptors (Lipinski definition) is 2. The zero-order chi connectivity index (χ0) is 12.8. The smallest absolute Gasteiger partial charge is 0.338 e. The van der Waals surface area contributed by atoms with Gasteiger partial charge in [-0.05, 0) is 12.1 Å². The van der Waals surface area contributed by atoms with Crippen LogP contribution in [0.1, 0.15) is 36.8 Å². The number of aromatic carboxylic acids is 1. The zero-order valence-corrected chi connectivity index (χ0v) is 10.5. The summed E-state index contributed by atoms with van der Waals surface area (Å²) in [7, 11) is 1.86. The number of carbonyl (C=O) groups is 1. The number of aryl methyl sites for hydroxylation is 1. The molecule has 2 aromatic rings. The first-order valence-corrected chi connectivity index (χ1v) is 5.51. The highest BCUT2D eigenvalue weighted by Gasteiger charge is 2.29. The largest absolute Gasteiger partial charge is 0.478 e. The van der Waals surface area contributed by atoms with Crippen LogP contribution in [0.4, 0.5) is 0 Å². The molecule has 0 spiro atoms. The number of aromatic nitrogens is 2. The molecule has 0 aliphatic heterocycles. The van der Waals surface area contributed by atoms with Crippen molar-refractivity contribution >= 4 is 17.0 Å². The predicted octanol–water partition coefficient (Wildman–Crippen LogP) is 2.57. The molecule has 1 N–H and O–H groups in total. The average Bonchev–Trinajstić information content (AvgIpc) is 2.52. The lowest BCUT2D eigenvalue weighted by atomic mass is 9.88. The lowest BCUT2D eigenvalue weighted by molar-refractivity contribution is 0.0696. The highest BCUT2D eigenvalue weighted by atomic mass is 16.4. The second-order valence-electron chi connectivity index (χ2n) is 5.21. The van der Waals surface area contributed by atoms with Crippen molar-refractivity contribution in [1.29, 1.82) is 0 Å². The Labute approximate surface area is 99.9 Å². The third-order valence-corrected chi connectivity index (χ3v) is 2.87. The average molecular weight is 232 g/mol. The lowest BCUT2D eigenvalue weighted by Gasteiger charge is -2.21. The van der Waals surface area contributed by atoms with Crippen LogP contribution in [-0.2, 0) is 12.5 Å². The van der Waals surface area contributed by atoms with Crippen molar-refractivity contribution in [1.82, 2.24) is 9.55 Å². The number of carboxylic acids is 1. The topological polar surface area (TPSA) is 55.1 Å². The summed E-state index contributed by atoms with van der Waals surface area (Å²) in [5, 5.41) is 10.1. The summed E-state index contributed by atoms with van der Waals surface area (Å²) in [5.74, 6) is -0.895. The molecule has 2 heterocycles. The molecule has 4 nitrogen and oxygen atoms in total. The van der Waals surface area contributed by atoms with Gasteiger partial charge in [-0.25, -0.2) is 9.78 Å². The van der Waals surface area contributed by atoms with E-state index in [9.17, 15) is 9.90 Å². The van der Waals surface area contributed by atoms with Crippen LogP contribution >= 0.6 is 0 Å². The standard InChI is InChI=1S/C13H16N2O2/c1-13(2,3)10-9(12(16)17)8-6-5-7-14-11(8)15(10)4/h5-7H,1-4H3,(H,16,17). The van der Waals surface area contributed by atoms with E-state index >= 15 is 0 Å². The molecule has 0 aliphatic rings. The van der Waals surface area contributed by atoms with Gasteiger partial charge in [-0.2, -0.15) is 0 Å². The molecular formula is C13H16N2O2. The lowest BCUT2D eigenvalue weighted by Crippen LogP contribution is -2.19. The van der Waals surface area contributed by atoms with Gasteiger partial charge in [0.05, 0.1) is 5.56 Å². The first-order chi connectivity index (χ1) is 7.84. The molecule has 0 aliphatic carbocycles. The van der Waals surface area contributed by atoms with Crippen molar-refractivity contribution in [2.45, 2.75) is 26.2 Å². The number of nitrogens with zero attached hydrogens (tertiary/aromatic N) is 2. The van der Waals surface area contributed by atoms with Gasteiger partial charge in [0.2, 0.25) is 0 Å². The fraction of sp³-hybridized carbons (Fsp3) is 0.385. The van der Waals surface area contributed by atoms with Gasteiger partial charge in [-0.1, -0.05) is 20.8 Å². The molecule has 4 heteroatoms. The summed E-state index contributed by atoms with van der Waals surface area (Å²) < 4.78 is 1.87. The summed E-state index contributed by atoms with van der Waals surface area (Å²) >= 11 is 0. The van der Waals surface area contributed by atoms with Gasteiger partial charge in [0.1, 0.15) is 5.65 Å². The molecule has 0 fully saturated rings. The quantitative estimate of drug-likeness (QED) is 0.822. The first kappa shape index (κ1) is 11.6. The van der Waals surface area contributed by atoms with Crippen LogP contribution < -0.4 is 0 Å². The Kier molecular flexibility index (Phi) is 2.45. The van der Waals surface area contributed by atoms with Crippen LogP contribution in [0.2, 0.25) is 0 Å². The number of hydrogen-bond donors (Lipinski definition) is 1. The number of rotatable bonds is 1. The van der Waals surface area contributed by atoms with E-state index in [4.69, 9.17) is 0 Å². The fourth-order valence-corrected chi connectivity index (χ4v) is 2.36. The number of fused-ring (bicyclic) bond motifs is 1. The van der Waals surface area contributed by atoms with Crippen LogP contribution in [0.3, 0.4) is 0 Å². The molecule has 90 valence electrons. The van der Waals surface area contributed by atoms with Gasteiger partial charge >= 0.3 is 5.97 Å². The van der Waals surface area contributed by atoms with E-state index in [0.29, 0.717) is 10.9 Å². The second kappa shape index (κ2) is 3.58. The molecule has 2 rings (SSSR count). The van der Waals surface area contributed by atoms with E-state index in [-0.39, 0.29) is 5.41 Å². The molecule has 0 radical (unpaired) electrons. The molecule has 0 saturated heterocycles. The maximum Gasteiger partial charge on any atom is 0.338 e. The second-order valence-corrected chi connectivity index (χ2v) is 5.21. The van der Waals surface area contributed by atoms with E-state index in [1.165, 1.54) is 0 Å².